The van der Waals surface area contributed by atoms with E-state index in [2.05, 4.69) is 20.4 Å². The highest BCUT2D eigenvalue weighted by molar-refractivity contribution is 6.40. The SMILES string of the molecule is O=C(NCCc1cnc(C2CC2)nc1)C1=NN(c2ccccc2)C(C(=O)O)C1. The lowest BCUT2D eigenvalue weighted by Gasteiger charge is -2.19. The monoisotopic (exact) mass is 379 g/mol. The summed E-state index contributed by atoms with van der Waals surface area (Å²) in [5, 5.41) is 17.9. The number of rotatable bonds is 7. The van der Waals surface area contributed by atoms with Crippen molar-refractivity contribution in [2.24, 2.45) is 5.10 Å². The number of carbonyl (C=O) groups is 2. The number of anilines is 1. The molecule has 1 aromatic heterocycles. The van der Waals surface area contributed by atoms with Gasteiger partial charge in [-0.3, -0.25) is 9.80 Å². The molecular weight excluding hydrogens is 358 g/mol. The number of carbonyl (C=O) groups excluding carboxylic acids is 1. The van der Waals surface area contributed by atoms with Crippen LogP contribution in [0, 0.1) is 0 Å². The molecule has 0 bridgehead atoms. The normalized spacial score (nSPS) is 18.6. The van der Waals surface area contributed by atoms with E-state index in [1.54, 1.807) is 36.7 Å². The van der Waals surface area contributed by atoms with E-state index in [1.165, 1.54) is 5.01 Å². The van der Waals surface area contributed by atoms with Crippen LogP contribution in [0.4, 0.5) is 5.69 Å². The fourth-order valence-electron chi connectivity index (χ4n) is 3.13. The molecule has 0 saturated heterocycles. The molecule has 2 aliphatic rings. The maximum absolute atomic E-state index is 12.4. The van der Waals surface area contributed by atoms with Crippen molar-refractivity contribution in [3.63, 3.8) is 0 Å². The Bertz CT molecular complexity index is 894. The molecule has 2 N–H and O–H groups in total. The number of para-hydroxylation sites is 1. The summed E-state index contributed by atoms with van der Waals surface area (Å²) in [6.45, 7) is 0.410. The molecule has 1 aromatic carbocycles. The molecule has 0 radical (unpaired) electrons. The molecule has 2 aromatic rings. The van der Waals surface area contributed by atoms with Crippen LogP contribution >= 0.6 is 0 Å². The molecule has 8 nitrogen and oxygen atoms in total. The molecule has 1 aliphatic heterocycles. The lowest BCUT2D eigenvalue weighted by molar-refractivity contribution is -0.138. The largest absolute Gasteiger partial charge is 0.480 e. The highest BCUT2D eigenvalue weighted by atomic mass is 16.4. The van der Waals surface area contributed by atoms with Gasteiger partial charge in [-0.15, -0.1) is 0 Å². The Morgan fingerprint density at radius 1 is 1.14 bits per heavy atom. The van der Waals surface area contributed by atoms with Crippen LogP contribution in [-0.4, -0.2) is 45.2 Å². The standard InChI is InChI=1S/C20H21N5O3/c26-19(21-9-8-13-11-22-18(23-12-13)14-6-7-14)16-10-17(20(27)28)25(24-16)15-4-2-1-3-5-15/h1-5,11-12,14,17H,6-10H2,(H,21,26)(H,27,28). The Morgan fingerprint density at radius 2 is 1.86 bits per heavy atom. The second-order valence-corrected chi connectivity index (χ2v) is 7.01. The number of hydrogen-bond donors (Lipinski definition) is 2. The summed E-state index contributed by atoms with van der Waals surface area (Å²) in [7, 11) is 0. The molecule has 2 heterocycles. The van der Waals surface area contributed by atoms with E-state index in [9.17, 15) is 14.7 Å². The van der Waals surface area contributed by atoms with Crippen LogP contribution in [-0.2, 0) is 16.0 Å². The first-order chi connectivity index (χ1) is 13.6. The average molecular weight is 379 g/mol. The van der Waals surface area contributed by atoms with Gasteiger partial charge in [0.2, 0.25) is 0 Å². The van der Waals surface area contributed by atoms with E-state index in [0.29, 0.717) is 24.6 Å². The number of carboxylic acids is 1. The van der Waals surface area contributed by atoms with Crippen LogP contribution in [0.3, 0.4) is 0 Å². The first-order valence-corrected chi connectivity index (χ1v) is 9.35. The van der Waals surface area contributed by atoms with Gasteiger partial charge < -0.3 is 10.4 Å². The van der Waals surface area contributed by atoms with Gasteiger partial charge in [-0.05, 0) is 37.0 Å². The van der Waals surface area contributed by atoms with Crippen LogP contribution in [0.5, 0.6) is 0 Å². The zero-order chi connectivity index (χ0) is 19.5. The van der Waals surface area contributed by atoms with Crippen molar-refractivity contribution < 1.29 is 14.7 Å². The van der Waals surface area contributed by atoms with Crippen LogP contribution in [0.25, 0.3) is 0 Å². The van der Waals surface area contributed by atoms with E-state index >= 15 is 0 Å². The molecule has 8 heteroatoms. The number of aliphatic carboxylic acids is 1. The van der Waals surface area contributed by atoms with Crippen molar-refractivity contribution >= 4 is 23.3 Å². The Balaban J connectivity index is 1.35. The predicted octanol–water partition coefficient (Wildman–Crippen LogP) is 1.73. The molecular formula is C20H21N5O3. The minimum Gasteiger partial charge on any atom is -0.480 e. The van der Waals surface area contributed by atoms with Gasteiger partial charge in [0.25, 0.3) is 5.91 Å². The van der Waals surface area contributed by atoms with E-state index in [1.807, 2.05) is 6.07 Å². The molecule has 1 saturated carbocycles. The molecule has 1 unspecified atom stereocenters. The van der Waals surface area contributed by atoms with Gasteiger partial charge in [0, 0.05) is 31.3 Å². The quantitative estimate of drug-likeness (QED) is 0.759. The summed E-state index contributed by atoms with van der Waals surface area (Å²) < 4.78 is 0. The molecule has 1 amide bonds. The topological polar surface area (TPSA) is 108 Å². The maximum atomic E-state index is 12.4. The van der Waals surface area contributed by atoms with Crippen LogP contribution in [0.15, 0.2) is 47.8 Å². The lowest BCUT2D eigenvalue weighted by atomic mass is 10.1. The van der Waals surface area contributed by atoms with Gasteiger partial charge in [-0.1, -0.05) is 18.2 Å². The van der Waals surface area contributed by atoms with E-state index in [4.69, 9.17) is 0 Å². The number of carboxylic acid groups (broad SMARTS) is 1. The van der Waals surface area contributed by atoms with Crippen molar-refractivity contribution in [1.82, 2.24) is 15.3 Å². The van der Waals surface area contributed by atoms with Gasteiger partial charge in [0.05, 0.1) is 5.69 Å². The fraction of sp³-hybridized carbons (Fsp3) is 0.350. The fourth-order valence-corrected chi connectivity index (χ4v) is 3.13. The first-order valence-electron chi connectivity index (χ1n) is 9.35. The highest BCUT2D eigenvalue weighted by Gasteiger charge is 2.36. The van der Waals surface area contributed by atoms with Crippen molar-refractivity contribution in [1.29, 1.82) is 0 Å². The molecule has 0 spiro atoms. The smallest absolute Gasteiger partial charge is 0.328 e. The van der Waals surface area contributed by atoms with Gasteiger partial charge in [-0.2, -0.15) is 5.10 Å². The van der Waals surface area contributed by atoms with E-state index in [0.717, 1.165) is 24.2 Å². The Kier molecular flexibility index (Phi) is 5.01. The van der Waals surface area contributed by atoms with Gasteiger partial charge in [0.1, 0.15) is 11.5 Å². The zero-order valence-electron chi connectivity index (χ0n) is 15.3. The summed E-state index contributed by atoms with van der Waals surface area (Å²) in [4.78, 5) is 32.7. The molecule has 1 aliphatic carbocycles. The molecule has 28 heavy (non-hydrogen) atoms. The third-order valence-corrected chi connectivity index (χ3v) is 4.85. The minimum atomic E-state index is -1.01. The second-order valence-electron chi connectivity index (χ2n) is 7.01. The number of amides is 1. The molecule has 144 valence electrons. The Labute approximate surface area is 162 Å². The zero-order valence-corrected chi connectivity index (χ0v) is 15.3. The van der Waals surface area contributed by atoms with Gasteiger partial charge in [0.15, 0.2) is 6.04 Å². The van der Waals surface area contributed by atoms with Gasteiger partial charge >= 0.3 is 5.97 Å². The number of benzene rings is 1. The van der Waals surface area contributed by atoms with Gasteiger partial charge in [-0.25, -0.2) is 14.8 Å². The number of nitrogens with one attached hydrogen (secondary N) is 1. The maximum Gasteiger partial charge on any atom is 0.328 e. The van der Waals surface area contributed by atoms with Crippen molar-refractivity contribution in [2.75, 3.05) is 11.6 Å². The highest BCUT2D eigenvalue weighted by Crippen LogP contribution is 2.37. The minimum absolute atomic E-state index is 0.0647. The lowest BCUT2D eigenvalue weighted by Crippen LogP contribution is -2.35. The summed E-state index contributed by atoms with van der Waals surface area (Å²) in [5.41, 5.74) is 1.81. The Hall–Kier alpha value is -3.29. The van der Waals surface area contributed by atoms with Crippen molar-refractivity contribution in [3.05, 3.63) is 54.1 Å². The third kappa shape index (κ3) is 4.00. The van der Waals surface area contributed by atoms with Crippen molar-refractivity contribution in [3.8, 4) is 0 Å². The predicted molar refractivity (Wildman–Crippen MR) is 103 cm³/mol. The third-order valence-electron chi connectivity index (χ3n) is 4.85. The number of hydrazone groups is 1. The second kappa shape index (κ2) is 7.75. The average Bonchev–Trinajstić information content (AvgIpc) is 3.46. The molecule has 4 rings (SSSR count). The van der Waals surface area contributed by atoms with Crippen molar-refractivity contribution in [2.45, 2.75) is 37.6 Å². The molecule has 1 fully saturated rings. The number of hydrogen-bond acceptors (Lipinski definition) is 6. The van der Waals surface area contributed by atoms with E-state index < -0.39 is 12.0 Å². The van der Waals surface area contributed by atoms with Crippen LogP contribution in [0.2, 0.25) is 0 Å². The number of aromatic nitrogens is 2. The first kappa shape index (κ1) is 18.1. The number of nitrogens with zero attached hydrogens (tertiary/aromatic N) is 4. The summed E-state index contributed by atoms with van der Waals surface area (Å²) in [6, 6.07) is 8.10. The van der Waals surface area contributed by atoms with E-state index in [-0.39, 0.29) is 18.0 Å². The van der Waals surface area contributed by atoms with Crippen LogP contribution < -0.4 is 10.3 Å². The van der Waals surface area contributed by atoms with Crippen LogP contribution in [0.1, 0.15) is 36.6 Å². The Morgan fingerprint density at radius 3 is 2.50 bits per heavy atom. The summed E-state index contributed by atoms with van der Waals surface area (Å²) in [6.07, 6.45) is 6.60. The molecule has 1 atom stereocenters. The summed E-state index contributed by atoms with van der Waals surface area (Å²) >= 11 is 0. The summed E-state index contributed by atoms with van der Waals surface area (Å²) in [5.74, 6) is 0.0567.